The molecule has 6 aromatic rings. The summed E-state index contributed by atoms with van der Waals surface area (Å²) in [5.74, 6) is 1.88. The minimum Gasteiger partial charge on any atom is -1.00 e. The zero-order valence-electron chi connectivity index (χ0n) is 37.5. The van der Waals surface area contributed by atoms with Gasteiger partial charge >= 0.3 is 59.1 Å². The summed E-state index contributed by atoms with van der Waals surface area (Å²) in [5, 5.41) is 24.6. The van der Waals surface area contributed by atoms with E-state index in [-0.39, 0.29) is 84.5 Å². The molecule has 0 aliphatic carbocycles. The Hall–Kier alpha value is -6.30. The predicted molar refractivity (Wildman–Crippen MR) is 252 cm³/mol. The number of rotatable bonds is 14. The van der Waals surface area contributed by atoms with Crippen LogP contribution >= 0.6 is 0 Å². The minimum absolute atomic E-state index is 0. The first-order valence-electron chi connectivity index (χ1n) is 19.4. The molecule has 22 heteroatoms. The molecular formula is C44H42N12Na2O6S2. The van der Waals surface area contributed by atoms with Gasteiger partial charge in [-0.3, -0.25) is 20.0 Å². The van der Waals surface area contributed by atoms with Crippen LogP contribution in [0.1, 0.15) is 14.0 Å². The third-order valence-electron chi connectivity index (χ3n) is 9.12. The standard InChI is InChI=1S/C44H40N12O6S2.2Na.2H/c57-63(58,59)39-27-37(49-55-51-41(45-33-13-5-1-6-14-33)29-42(52-55)46-34-15-7-2-8-16-34)25-23-31(39)21-22-32-24-26-38(28-40(32)64(60,61)62)50-56-53-43(47-35-17-9-3-10-18-35)30-44(54-56)48-36-19-11-4-12-20-36;;;;/h1-30,45,47,49-51,53H,(H,46,52)(H,48,54)(H,57,58,59)(H,60,61,62);;;;/q;2*+1;2*-1/b22-21+;;;;. The molecule has 0 spiro atoms. The van der Waals surface area contributed by atoms with Gasteiger partial charge in [-0.05, 0) is 83.9 Å². The van der Waals surface area contributed by atoms with Gasteiger partial charge in [-0.1, -0.05) is 97.1 Å². The third kappa shape index (κ3) is 13.6. The maximum atomic E-state index is 12.8. The van der Waals surface area contributed by atoms with E-state index in [0.717, 1.165) is 22.7 Å². The second-order valence-electron chi connectivity index (χ2n) is 13.9. The molecule has 0 unspecified atom stereocenters. The average molecular weight is 945 g/mol. The molecule has 0 aromatic heterocycles. The maximum Gasteiger partial charge on any atom is 1.00 e. The number of amidine groups is 2. The van der Waals surface area contributed by atoms with Crippen LogP contribution < -0.4 is 102 Å². The number of nitrogens with zero attached hydrogens (tertiary/aromatic N) is 4. The normalized spacial score (nSPS) is 13.5. The fourth-order valence-electron chi connectivity index (χ4n) is 6.29. The van der Waals surface area contributed by atoms with Crippen LogP contribution in [0, 0.1) is 0 Å². The summed E-state index contributed by atoms with van der Waals surface area (Å²) in [6, 6.07) is 45.9. The Kier molecular flexibility index (Phi) is 16.6. The molecule has 2 aliphatic heterocycles. The van der Waals surface area contributed by atoms with Crippen molar-refractivity contribution in [2.24, 2.45) is 10.2 Å². The fourth-order valence-corrected chi connectivity index (χ4v) is 7.71. The van der Waals surface area contributed by atoms with Crippen molar-refractivity contribution in [3.8, 4) is 0 Å². The molecule has 0 amide bonds. The first-order chi connectivity index (χ1) is 30.9. The van der Waals surface area contributed by atoms with E-state index in [4.69, 9.17) is 0 Å². The van der Waals surface area contributed by atoms with Crippen LogP contribution in [0.3, 0.4) is 0 Å². The molecule has 0 radical (unpaired) electrons. The molecule has 10 N–H and O–H groups in total. The summed E-state index contributed by atoms with van der Waals surface area (Å²) in [7, 11) is -9.67. The Morgan fingerprint density at radius 2 is 0.773 bits per heavy atom. The van der Waals surface area contributed by atoms with E-state index in [9.17, 15) is 25.9 Å². The Labute approximate surface area is 428 Å². The topological polar surface area (TPSA) is 236 Å². The number of hydrazine groups is 4. The van der Waals surface area contributed by atoms with Crippen LogP contribution in [0.25, 0.3) is 12.2 Å². The van der Waals surface area contributed by atoms with E-state index < -0.39 is 30.0 Å². The van der Waals surface area contributed by atoms with Crippen LogP contribution in [0.15, 0.2) is 202 Å². The first-order valence-corrected chi connectivity index (χ1v) is 22.2. The van der Waals surface area contributed by atoms with Gasteiger partial charge in [0.1, 0.15) is 21.4 Å². The van der Waals surface area contributed by atoms with Gasteiger partial charge in [-0.2, -0.15) is 16.8 Å². The van der Waals surface area contributed by atoms with Crippen molar-refractivity contribution in [3.63, 3.8) is 0 Å². The third-order valence-corrected chi connectivity index (χ3v) is 10.9. The van der Waals surface area contributed by atoms with E-state index >= 15 is 0 Å². The number of para-hydroxylation sites is 4. The molecule has 8 rings (SSSR count). The summed E-state index contributed by atoms with van der Waals surface area (Å²) in [6.07, 6.45) is 6.10. The Balaban J connectivity index is 0.00000252. The zero-order valence-corrected chi connectivity index (χ0v) is 41.1. The summed E-state index contributed by atoms with van der Waals surface area (Å²) in [4.78, 5) is -0.992. The number of hydrazone groups is 2. The number of nitrogens with one attached hydrogen (secondary N) is 8. The van der Waals surface area contributed by atoms with Crippen molar-refractivity contribution >= 4 is 78.2 Å². The number of hydrogen-bond donors (Lipinski definition) is 10. The smallest absolute Gasteiger partial charge is 1.00 e. The van der Waals surface area contributed by atoms with Gasteiger partial charge in [0.05, 0.1) is 11.4 Å². The van der Waals surface area contributed by atoms with E-state index in [1.54, 1.807) is 12.2 Å². The minimum atomic E-state index is -4.83. The number of hydrogen-bond acceptors (Lipinski definition) is 16. The van der Waals surface area contributed by atoms with Crippen LogP contribution in [0.2, 0.25) is 0 Å². The van der Waals surface area contributed by atoms with Crippen LogP contribution in [0.4, 0.5) is 34.1 Å². The monoisotopic (exact) mass is 944 g/mol. The molecule has 328 valence electrons. The van der Waals surface area contributed by atoms with Crippen molar-refractivity contribution in [2.45, 2.75) is 9.79 Å². The van der Waals surface area contributed by atoms with Crippen molar-refractivity contribution < 1.29 is 87.9 Å². The van der Waals surface area contributed by atoms with E-state index in [1.807, 2.05) is 121 Å². The largest absolute Gasteiger partial charge is 1.00 e. The van der Waals surface area contributed by atoms with Crippen LogP contribution in [-0.2, 0) is 20.2 Å². The molecule has 18 nitrogen and oxygen atoms in total. The van der Waals surface area contributed by atoms with Gasteiger partial charge in [0, 0.05) is 34.9 Å². The van der Waals surface area contributed by atoms with Gasteiger partial charge in [-0.25, -0.2) is 10.9 Å². The first kappa shape index (κ1) is 49.1. The molecule has 0 saturated heterocycles. The molecule has 66 heavy (non-hydrogen) atoms. The van der Waals surface area contributed by atoms with Crippen LogP contribution in [-0.4, -0.2) is 48.1 Å². The van der Waals surface area contributed by atoms with Crippen molar-refractivity contribution in [1.82, 2.24) is 21.3 Å². The molecular weight excluding hydrogens is 903 g/mol. The maximum absolute atomic E-state index is 12.8. The summed E-state index contributed by atoms with van der Waals surface area (Å²) >= 11 is 0. The average Bonchev–Trinajstić information content (AvgIpc) is 3.27. The zero-order chi connectivity index (χ0) is 44.5. The molecule has 0 bridgehead atoms. The molecule has 2 heterocycles. The SMILES string of the molecule is O=S(=O)(O)c1cc(NN2N=C(Nc3ccccc3)C=C(Nc3ccccc3)N2)ccc1/C=C/c1ccc(NN2N=C(Nc3ccccc3)C=C(Nc3ccccc3)N2)cc1S(=O)(=O)O.[H-].[H-].[Na+].[Na+]. The van der Waals surface area contributed by atoms with Gasteiger partial charge in [0.25, 0.3) is 20.2 Å². The molecule has 0 atom stereocenters. The molecule has 0 saturated carbocycles. The second-order valence-corrected chi connectivity index (χ2v) is 16.7. The molecule has 2 aliphatic rings. The second kappa shape index (κ2) is 22.3. The van der Waals surface area contributed by atoms with E-state index in [1.165, 1.54) is 59.0 Å². The molecule has 0 fully saturated rings. The van der Waals surface area contributed by atoms with E-state index in [0.29, 0.717) is 23.3 Å². The van der Waals surface area contributed by atoms with Crippen LogP contribution in [0.5, 0.6) is 0 Å². The van der Waals surface area contributed by atoms with Gasteiger partial charge in [0.15, 0.2) is 11.7 Å². The summed E-state index contributed by atoms with van der Waals surface area (Å²) in [5.41, 5.74) is 15.7. The van der Waals surface area contributed by atoms with Gasteiger partial charge in [0.2, 0.25) is 0 Å². The van der Waals surface area contributed by atoms with Crippen molar-refractivity contribution in [3.05, 3.63) is 193 Å². The number of benzene rings is 6. The fraction of sp³-hybridized carbons (Fsp3) is 0. The quantitative estimate of drug-likeness (QED) is 0.0425. The summed E-state index contributed by atoms with van der Waals surface area (Å²) < 4.78 is 71.7. The Morgan fingerprint density at radius 1 is 0.455 bits per heavy atom. The predicted octanol–water partition coefficient (Wildman–Crippen LogP) is 1.64. The number of anilines is 6. The summed E-state index contributed by atoms with van der Waals surface area (Å²) in [6.45, 7) is 0. The van der Waals surface area contributed by atoms with Crippen molar-refractivity contribution in [2.75, 3.05) is 32.1 Å². The van der Waals surface area contributed by atoms with E-state index in [2.05, 4.69) is 53.2 Å². The molecule has 6 aromatic carbocycles. The van der Waals surface area contributed by atoms with Crippen molar-refractivity contribution in [1.29, 1.82) is 0 Å². The van der Waals surface area contributed by atoms with Gasteiger partial charge < -0.3 is 24.1 Å². The Morgan fingerprint density at radius 3 is 1.09 bits per heavy atom. The Bertz CT molecular complexity index is 2830. The van der Waals surface area contributed by atoms with Gasteiger partial charge in [-0.15, -0.1) is 20.7 Å².